The zero-order valence-electron chi connectivity index (χ0n) is 10.4. The molecule has 1 rings (SSSR count). The fourth-order valence-corrected chi connectivity index (χ4v) is 1.50. The van der Waals surface area contributed by atoms with E-state index < -0.39 is 5.54 Å². The first-order valence-electron chi connectivity index (χ1n) is 5.53. The minimum absolute atomic E-state index is 0.198. The summed E-state index contributed by atoms with van der Waals surface area (Å²) < 4.78 is 0. The molecule has 4 heteroatoms. The molecule has 0 unspecified atom stereocenters. The van der Waals surface area contributed by atoms with E-state index in [0.29, 0.717) is 6.54 Å². The van der Waals surface area contributed by atoms with Crippen molar-refractivity contribution in [1.29, 1.82) is 0 Å². The van der Waals surface area contributed by atoms with Gasteiger partial charge in [-0.05, 0) is 19.4 Å². The van der Waals surface area contributed by atoms with Crippen molar-refractivity contribution < 1.29 is 9.59 Å². The van der Waals surface area contributed by atoms with E-state index in [1.165, 1.54) is 6.92 Å². The first-order valence-corrected chi connectivity index (χ1v) is 5.53. The number of carbonyl (C=O) groups excluding carboxylic acids is 2. The molecule has 0 aliphatic heterocycles. The second-order valence-electron chi connectivity index (χ2n) is 4.47. The molecule has 0 aromatic heterocycles. The molecule has 0 radical (unpaired) electrons. The maximum Gasteiger partial charge on any atom is 0.245 e. The molecule has 1 aromatic carbocycles. The van der Waals surface area contributed by atoms with Gasteiger partial charge in [-0.1, -0.05) is 30.3 Å². The Kier molecular flexibility index (Phi) is 4.26. The predicted molar refractivity (Wildman–Crippen MR) is 66.2 cm³/mol. The van der Waals surface area contributed by atoms with E-state index in [1.54, 1.807) is 13.8 Å². The molecule has 0 atom stereocenters. The normalized spacial score (nSPS) is 10.8. The van der Waals surface area contributed by atoms with Gasteiger partial charge in [-0.3, -0.25) is 9.59 Å². The average Bonchev–Trinajstić information content (AvgIpc) is 2.25. The lowest BCUT2D eigenvalue weighted by Crippen LogP contribution is -2.53. The minimum Gasteiger partial charge on any atom is -0.350 e. The number of carbonyl (C=O) groups is 2. The number of benzene rings is 1. The highest BCUT2D eigenvalue weighted by Crippen LogP contribution is 2.03. The molecule has 17 heavy (non-hydrogen) atoms. The zero-order valence-corrected chi connectivity index (χ0v) is 10.4. The molecule has 0 aliphatic rings. The van der Waals surface area contributed by atoms with E-state index in [2.05, 4.69) is 10.6 Å². The van der Waals surface area contributed by atoms with Crippen molar-refractivity contribution in [3.05, 3.63) is 35.9 Å². The Bertz CT molecular complexity index is 399. The van der Waals surface area contributed by atoms with Crippen molar-refractivity contribution in [2.75, 3.05) is 0 Å². The second kappa shape index (κ2) is 5.48. The fraction of sp³-hybridized carbons (Fsp3) is 0.385. The fourth-order valence-electron chi connectivity index (χ4n) is 1.50. The summed E-state index contributed by atoms with van der Waals surface area (Å²) >= 11 is 0. The van der Waals surface area contributed by atoms with Gasteiger partial charge >= 0.3 is 0 Å². The van der Waals surface area contributed by atoms with E-state index in [9.17, 15) is 9.59 Å². The van der Waals surface area contributed by atoms with Gasteiger partial charge in [-0.2, -0.15) is 0 Å². The van der Waals surface area contributed by atoms with Crippen molar-refractivity contribution in [2.24, 2.45) is 0 Å². The van der Waals surface area contributed by atoms with Gasteiger partial charge in [0.15, 0.2) is 0 Å². The van der Waals surface area contributed by atoms with Crippen LogP contribution in [0.2, 0.25) is 0 Å². The Morgan fingerprint density at radius 3 is 2.29 bits per heavy atom. The molecule has 0 fully saturated rings. The standard InChI is InChI=1S/C13H18N2O2/c1-10(16)15-13(2,3)12(17)14-9-11-7-5-4-6-8-11/h4-8H,9H2,1-3H3,(H,14,17)(H,15,16). The lowest BCUT2D eigenvalue weighted by Gasteiger charge is -2.24. The van der Waals surface area contributed by atoms with Crippen LogP contribution in [0.15, 0.2) is 30.3 Å². The molecular weight excluding hydrogens is 216 g/mol. The van der Waals surface area contributed by atoms with Crippen LogP contribution in [0.5, 0.6) is 0 Å². The van der Waals surface area contributed by atoms with Gasteiger partial charge in [0.05, 0.1) is 0 Å². The van der Waals surface area contributed by atoms with E-state index in [1.807, 2.05) is 30.3 Å². The van der Waals surface area contributed by atoms with Gasteiger partial charge in [0.1, 0.15) is 5.54 Å². The highest BCUT2D eigenvalue weighted by molar-refractivity contribution is 5.90. The van der Waals surface area contributed by atoms with Crippen molar-refractivity contribution in [3.8, 4) is 0 Å². The third-order valence-electron chi connectivity index (χ3n) is 2.35. The first-order chi connectivity index (χ1) is 7.92. The average molecular weight is 234 g/mol. The highest BCUT2D eigenvalue weighted by atomic mass is 16.2. The summed E-state index contributed by atoms with van der Waals surface area (Å²) in [6, 6.07) is 9.63. The molecule has 92 valence electrons. The molecule has 0 saturated heterocycles. The van der Waals surface area contributed by atoms with Crippen LogP contribution in [0.1, 0.15) is 26.3 Å². The molecule has 0 spiro atoms. The van der Waals surface area contributed by atoms with Crippen molar-refractivity contribution >= 4 is 11.8 Å². The van der Waals surface area contributed by atoms with E-state index in [-0.39, 0.29) is 11.8 Å². The van der Waals surface area contributed by atoms with Gasteiger partial charge in [0, 0.05) is 13.5 Å². The Morgan fingerprint density at radius 1 is 1.18 bits per heavy atom. The topological polar surface area (TPSA) is 58.2 Å². The van der Waals surface area contributed by atoms with Crippen LogP contribution in [-0.4, -0.2) is 17.4 Å². The maximum atomic E-state index is 11.8. The van der Waals surface area contributed by atoms with E-state index in [4.69, 9.17) is 0 Å². The zero-order chi connectivity index (χ0) is 12.9. The number of amides is 2. The molecule has 0 saturated carbocycles. The SMILES string of the molecule is CC(=O)NC(C)(C)C(=O)NCc1ccccc1. The molecule has 1 aromatic rings. The smallest absolute Gasteiger partial charge is 0.245 e. The largest absolute Gasteiger partial charge is 0.350 e. The molecule has 2 N–H and O–H groups in total. The first kappa shape index (κ1) is 13.2. The van der Waals surface area contributed by atoms with Gasteiger partial charge in [-0.25, -0.2) is 0 Å². The Balaban J connectivity index is 2.52. The summed E-state index contributed by atoms with van der Waals surface area (Å²) in [4.78, 5) is 22.8. The number of hydrogen-bond donors (Lipinski definition) is 2. The minimum atomic E-state index is -0.888. The molecule has 2 amide bonds. The molecule has 4 nitrogen and oxygen atoms in total. The number of rotatable bonds is 4. The number of nitrogens with one attached hydrogen (secondary N) is 2. The summed E-state index contributed by atoms with van der Waals surface area (Å²) in [6.45, 7) is 5.21. The number of hydrogen-bond acceptors (Lipinski definition) is 2. The van der Waals surface area contributed by atoms with Crippen LogP contribution in [-0.2, 0) is 16.1 Å². The van der Waals surface area contributed by atoms with Gasteiger partial charge in [-0.15, -0.1) is 0 Å². The highest BCUT2D eigenvalue weighted by Gasteiger charge is 2.27. The Morgan fingerprint density at radius 2 is 1.76 bits per heavy atom. The van der Waals surface area contributed by atoms with E-state index in [0.717, 1.165) is 5.56 Å². The Hall–Kier alpha value is -1.84. The molecule has 0 aliphatic carbocycles. The summed E-state index contributed by atoms with van der Waals surface area (Å²) in [5.41, 5.74) is 0.139. The summed E-state index contributed by atoms with van der Waals surface area (Å²) in [7, 11) is 0. The summed E-state index contributed by atoms with van der Waals surface area (Å²) in [5, 5.41) is 5.40. The molecule has 0 heterocycles. The summed E-state index contributed by atoms with van der Waals surface area (Å²) in [5.74, 6) is -0.415. The van der Waals surface area contributed by atoms with Crippen LogP contribution in [0.3, 0.4) is 0 Å². The lowest BCUT2D eigenvalue weighted by atomic mass is 10.0. The second-order valence-corrected chi connectivity index (χ2v) is 4.47. The van der Waals surface area contributed by atoms with Crippen LogP contribution in [0.25, 0.3) is 0 Å². The van der Waals surface area contributed by atoms with Crippen molar-refractivity contribution in [1.82, 2.24) is 10.6 Å². The predicted octanol–water partition coefficient (Wildman–Crippen LogP) is 1.22. The molecule has 0 bridgehead atoms. The third-order valence-corrected chi connectivity index (χ3v) is 2.35. The summed E-state index contributed by atoms with van der Waals surface area (Å²) in [6.07, 6.45) is 0. The van der Waals surface area contributed by atoms with Gasteiger partial charge < -0.3 is 10.6 Å². The van der Waals surface area contributed by atoms with E-state index >= 15 is 0 Å². The van der Waals surface area contributed by atoms with Crippen LogP contribution < -0.4 is 10.6 Å². The maximum absolute atomic E-state index is 11.8. The van der Waals surface area contributed by atoms with Crippen LogP contribution in [0.4, 0.5) is 0 Å². The van der Waals surface area contributed by atoms with Crippen LogP contribution >= 0.6 is 0 Å². The quantitative estimate of drug-likeness (QED) is 0.823. The molecular formula is C13H18N2O2. The van der Waals surface area contributed by atoms with Crippen molar-refractivity contribution in [2.45, 2.75) is 32.9 Å². The monoisotopic (exact) mass is 234 g/mol. The third kappa shape index (κ3) is 4.26. The van der Waals surface area contributed by atoms with Crippen LogP contribution in [0, 0.1) is 0 Å². The van der Waals surface area contributed by atoms with Crippen molar-refractivity contribution in [3.63, 3.8) is 0 Å². The van der Waals surface area contributed by atoms with Gasteiger partial charge in [0.2, 0.25) is 11.8 Å². The lowest BCUT2D eigenvalue weighted by molar-refractivity contribution is -0.131. The van der Waals surface area contributed by atoms with Gasteiger partial charge in [0.25, 0.3) is 0 Å². The Labute approximate surface area is 101 Å².